The summed E-state index contributed by atoms with van der Waals surface area (Å²) < 4.78 is 0. The van der Waals surface area contributed by atoms with Crippen LogP contribution < -0.4 is 10.6 Å². The molecule has 17 heavy (non-hydrogen) atoms. The van der Waals surface area contributed by atoms with E-state index in [1.54, 1.807) is 0 Å². The maximum Gasteiger partial charge on any atom is 0.237 e. The smallest absolute Gasteiger partial charge is 0.237 e. The first-order chi connectivity index (χ1) is 8.25. The molecule has 0 aromatic heterocycles. The van der Waals surface area contributed by atoms with Gasteiger partial charge < -0.3 is 10.6 Å². The molecule has 0 spiro atoms. The molecule has 0 aromatic carbocycles. The second-order valence-electron chi connectivity index (χ2n) is 5.26. The van der Waals surface area contributed by atoms with Gasteiger partial charge in [0.2, 0.25) is 5.91 Å². The van der Waals surface area contributed by atoms with Crippen molar-refractivity contribution in [3.63, 3.8) is 0 Å². The maximum atomic E-state index is 11.8. The van der Waals surface area contributed by atoms with E-state index in [0.717, 1.165) is 25.9 Å². The summed E-state index contributed by atoms with van der Waals surface area (Å²) in [6.07, 6.45) is 8.77. The minimum atomic E-state index is 0.0510. The minimum absolute atomic E-state index is 0.0510. The van der Waals surface area contributed by atoms with E-state index in [4.69, 9.17) is 0 Å². The quantitative estimate of drug-likeness (QED) is 0.640. The van der Waals surface area contributed by atoms with E-state index in [1.165, 1.54) is 32.1 Å². The highest BCUT2D eigenvalue weighted by Gasteiger charge is 2.28. The number of amides is 1. The number of unbranched alkanes of at least 4 members (excludes halogenated alkanes) is 5. The molecule has 3 heteroatoms. The molecule has 3 nitrogen and oxygen atoms in total. The maximum absolute atomic E-state index is 11.8. The van der Waals surface area contributed by atoms with Gasteiger partial charge in [-0.1, -0.05) is 46.0 Å². The van der Waals surface area contributed by atoms with E-state index < -0.39 is 0 Å². The SMILES string of the molecule is CCCCCCCCNC(=O)C1NCCC1C. The number of hydrogen-bond donors (Lipinski definition) is 2. The average Bonchev–Trinajstić information content (AvgIpc) is 2.74. The zero-order chi connectivity index (χ0) is 12.5. The van der Waals surface area contributed by atoms with Gasteiger partial charge in [0.1, 0.15) is 0 Å². The molecule has 0 aliphatic carbocycles. The van der Waals surface area contributed by atoms with Gasteiger partial charge in [0, 0.05) is 6.54 Å². The van der Waals surface area contributed by atoms with Gasteiger partial charge >= 0.3 is 0 Å². The zero-order valence-electron chi connectivity index (χ0n) is 11.4. The Bertz CT molecular complexity index is 218. The second-order valence-corrected chi connectivity index (χ2v) is 5.26. The summed E-state index contributed by atoms with van der Waals surface area (Å²) in [6.45, 7) is 6.21. The summed E-state index contributed by atoms with van der Waals surface area (Å²) >= 11 is 0. The first-order valence-electron chi connectivity index (χ1n) is 7.26. The molecule has 1 amide bonds. The summed E-state index contributed by atoms with van der Waals surface area (Å²) in [5.74, 6) is 0.683. The number of hydrogen-bond acceptors (Lipinski definition) is 2. The Balaban J connectivity index is 1.97. The molecule has 1 rings (SSSR count). The lowest BCUT2D eigenvalue weighted by atomic mass is 10.0. The van der Waals surface area contributed by atoms with E-state index in [2.05, 4.69) is 24.5 Å². The van der Waals surface area contributed by atoms with Crippen molar-refractivity contribution >= 4 is 5.91 Å². The molecule has 1 heterocycles. The summed E-state index contributed by atoms with van der Waals surface area (Å²) in [5, 5.41) is 6.31. The molecule has 0 radical (unpaired) electrons. The fourth-order valence-electron chi connectivity index (χ4n) is 2.41. The van der Waals surface area contributed by atoms with Crippen molar-refractivity contribution in [3.05, 3.63) is 0 Å². The van der Waals surface area contributed by atoms with E-state index in [0.29, 0.717) is 5.92 Å². The van der Waals surface area contributed by atoms with Crippen LogP contribution in [0, 0.1) is 5.92 Å². The minimum Gasteiger partial charge on any atom is -0.355 e. The lowest BCUT2D eigenvalue weighted by Gasteiger charge is -2.15. The van der Waals surface area contributed by atoms with Gasteiger partial charge in [-0.3, -0.25) is 4.79 Å². The molecule has 2 N–H and O–H groups in total. The lowest BCUT2D eigenvalue weighted by Crippen LogP contribution is -2.43. The molecule has 0 aromatic rings. The molecular formula is C14H28N2O. The Morgan fingerprint density at radius 1 is 1.24 bits per heavy atom. The van der Waals surface area contributed by atoms with Gasteiger partial charge in [-0.25, -0.2) is 0 Å². The number of nitrogens with one attached hydrogen (secondary N) is 2. The molecule has 0 bridgehead atoms. The predicted molar refractivity (Wildman–Crippen MR) is 72.0 cm³/mol. The second kappa shape index (κ2) is 8.51. The Labute approximate surface area is 106 Å². The summed E-state index contributed by atoms with van der Waals surface area (Å²) in [4.78, 5) is 11.8. The van der Waals surface area contributed by atoms with Gasteiger partial charge in [-0.2, -0.15) is 0 Å². The Morgan fingerprint density at radius 2 is 1.94 bits per heavy atom. The fraction of sp³-hybridized carbons (Fsp3) is 0.929. The highest BCUT2D eigenvalue weighted by atomic mass is 16.2. The zero-order valence-corrected chi connectivity index (χ0v) is 11.4. The fourth-order valence-corrected chi connectivity index (χ4v) is 2.41. The molecule has 2 unspecified atom stereocenters. The molecular weight excluding hydrogens is 212 g/mol. The molecule has 2 atom stereocenters. The Kier molecular flexibility index (Phi) is 7.25. The van der Waals surface area contributed by atoms with Crippen LogP contribution >= 0.6 is 0 Å². The summed E-state index contributed by atoms with van der Waals surface area (Å²) in [7, 11) is 0. The molecule has 100 valence electrons. The van der Waals surface area contributed by atoms with E-state index in [9.17, 15) is 4.79 Å². The van der Waals surface area contributed by atoms with Crippen molar-refractivity contribution in [2.75, 3.05) is 13.1 Å². The molecule has 1 saturated heterocycles. The van der Waals surface area contributed by atoms with Crippen molar-refractivity contribution in [3.8, 4) is 0 Å². The third-order valence-electron chi connectivity index (χ3n) is 3.64. The van der Waals surface area contributed by atoms with Gasteiger partial charge in [-0.15, -0.1) is 0 Å². The summed E-state index contributed by atoms with van der Waals surface area (Å²) in [6, 6.07) is 0.0510. The van der Waals surface area contributed by atoms with E-state index in [-0.39, 0.29) is 11.9 Å². The van der Waals surface area contributed by atoms with E-state index >= 15 is 0 Å². The van der Waals surface area contributed by atoms with Gasteiger partial charge in [-0.05, 0) is 25.3 Å². The van der Waals surface area contributed by atoms with Crippen LogP contribution in [-0.4, -0.2) is 25.0 Å². The monoisotopic (exact) mass is 240 g/mol. The van der Waals surface area contributed by atoms with Gasteiger partial charge in [0.15, 0.2) is 0 Å². The van der Waals surface area contributed by atoms with Crippen molar-refractivity contribution in [2.45, 2.75) is 64.8 Å². The van der Waals surface area contributed by atoms with Crippen LogP contribution in [0.5, 0.6) is 0 Å². The highest BCUT2D eigenvalue weighted by molar-refractivity contribution is 5.82. The predicted octanol–water partition coefficient (Wildman–Crippen LogP) is 2.46. The van der Waals surface area contributed by atoms with Crippen molar-refractivity contribution in [1.82, 2.24) is 10.6 Å². The van der Waals surface area contributed by atoms with Crippen LogP contribution in [-0.2, 0) is 4.79 Å². The van der Waals surface area contributed by atoms with Crippen molar-refractivity contribution in [1.29, 1.82) is 0 Å². The lowest BCUT2D eigenvalue weighted by molar-refractivity contribution is -0.123. The first kappa shape index (κ1) is 14.5. The average molecular weight is 240 g/mol. The van der Waals surface area contributed by atoms with Crippen LogP contribution in [0.15, 0.2) is 0 Å². The number of carbonyl (C=O) groups excluding carboxylic acids is 1. The highest BCUT2D eigenvalue weighted by Crippen LogP contribution is 2.14. The Hall–Kier alpha value is -0.570. The van der Waals surface area contributed by atoms with Crippen LogP contribution in [0.3, 0.4) is 0 Å². The molecule has 1 aliphatic heterocycles. The van der Waals surface area contributed by atoms with Crippen LogP contribution in [0.1, 0.15) is 58.8 Å². The normalized spacial score (nSPS) is 23.9. The van der Waals surface area contributed by atoms with Gasteiger partial charge in [0.25, 0.3) is 0 Å². The standard InChI is InChI=1S/C14H28N2O/c1-3-4-5-6-7-8-10-16-14(17)13-12(2)9-11-15-13/h12-13,15H,3-11H2,1-2H3,(H,16,17). The van der Waals surface area contributed by atoms with Crippen LogP contribution in [0.4, 0.5) is 0 Å². The summed E-state index contributed by atoms with van der Waals surface area (Å²) in [5.41, 5.74) is 0. The molecule has 0 saturated carbocycles. The Morgan fingerprint density at radius 3 is 2.59 bits per heavy atom. The van der Waals surface area contributed by atoms with Crippen LogP contribution in [0.25, 0.3) is 0 Å². The van der Waals surface area contributed by atoms with Crippen molar-refractivity contribution < 1.29 is 4.79 Å². The third-order valence-corrected chi connectivity index (χ3v) is 3.64. The van der Waals surface area contributed by atoms with E-state index in [1.807, 2.05) is 0 Å². The third kappa shape index (κ3) is 5.53. The first-order valence-corrected chi connectivity index (χ1v) is 7.26. The molecule has 1 fully saturated rings. The largest absolute Gasteiger partial charge is 0.355 e. The van der Waals surface area contributed by atoms with Crippen molar-refractivity contribution in [2.24, 2.45) is 5.92 Å². The number of rotatable bonds is 8. The van der Waals surface area contributed by atoms with Crippen LogP contribution in [0.2, 0.25) is 0 Å². The topological polar surface area (TPSA) is 41.1 Å². The number of carbonyl (C=O) groups is 1. The van der Waals surface area contributed by atoms with Gasteiger partial charge in [0.05, 0.1) is 6.04 Å². The molecule has 1 aliphatic rings.